The first kappa shape index (κ1) is 18.8. The molecule has 1 fully saturated rings. The summed E-state index contributed by atoms with van der Waals surface area (Å²) in [6, 6.07) is 6.60. The molecule has 3 N–H and O–H groups in total. The van der Waals surface area contributed by atoms with Crippen LogP contribution in [0, 0.1) is 5.82 Å². The van der Waals surface area contributed by atoms with E-state index in [9.17, 15) is 9.18 Å². The molecule has 24 heavy (non-hydrogen) atoms. The molecule has 1 aromatic heterocycles. The van der Waals surface area contributed by atoms with E-state index in [4.69, 9.17) is 5.73 Å². The Labute approximate surface area is 151 Å². The van der Waals surface area contributed by atoms with E-state index in [1.807, 2.05) is 6.07 Å². The van der Waals surface area contributed by atoms with Crippen LogP contribution < -0.4 is 11.1 Å². The summed E-state index contributed by atoms with van der Waals surface area (Å²) in [6.45, 7) is 1.79. The summed E-state index contributed by atoms with van der Waals surface area (Å²) < 4.78 is 13.9. The Bertz CT molecular complexity index is 716. The molecule has 0 bridgehead atoms. The van der Waals surface area contributed by atoms with Crippen molar-refractivity contribution in [2.24, 2.45) is 5.73 Å². The predicted molar refractivity (Wildman–Crippen MR) is 97.4 cm³/mol. The topological polar surface area (TPSA) is 68.0 Å². The number of carbonyl (C=O) groups is 1. The van der Waals surface area contributed by atoms with Crippen molar-refractivity contribution in [3.05, 3.63) is 46.2 Å². The first-order chi connectivity index (χ1) is 11.0. The monoisotopic (exact) mass is 369 g/mol. The Morgan fingerprint density at radius 3 is 2.79 bits per heavy atom. The van der Waals surface area contributed by atoms with E-state index in [1.165, 1.54) is 17.4 Å². The zero-order chi connectivity index (χ0) is 16.4. The first-order valence-corrected chi connectivity index (χ1v) is 8.63. The number of halogens is 2. The Morgan fingerprint density at radius 2 is 2.17 bits per heavy atom. The lowest BCUT2D eigenvalue weighted by molar-refractivity contribution is -0.116. The number of carbonyl (C=O) groups excluding carboxylic acids is 1. The van der Waals surface area contributed by atoms with Crippen LogP contribution in [-0.2, 0) is 11.2 Å². The number of nitrogens with one attached hydrogen (secondary N) is 1. The van der Waals surface area contributed by atoms with Gasteiger partial charge < -0.3 is 11.1 Å². The molecule has 130 valence electrons. The molecule has 1 aliphatic rings. The highest BCUT2D eigenvalue weighted by molar-refractivity contribution is 7.15. The minimum Gasteiger partial charge on any atom is -0.327 e. The van der Waals surface area contributed by atoms with Crippen LogP contribution in [0.5, 0.6) is 0 Å². The maximum Gasteiger partial charge on any atom is 0.227 e. The van der Waals surface area contributed by atoms with Gasteiger partial charge in [-0.1, -0.05) is 18.2 Å². The number of rotatable bonds is 6. The fourth-order valence-electron chi connectivity index (χ4n) is 2.50. The van der Waals surface area contributed by atoms with Crippen LogP contribution in [-0.4, -0.2) is 16.9 Å². The van der Waals surface area contributed by atoms with Crippen molar-refractivity contribution in [1.82, 2.24) is 4.98 Å². The molecule has 0 spiro atoms. The van der Waals surface area contributed by atoms with E-state index < -0.39 is 0 Å². The molecule has 2 aromatic rings. The smallest absolute Gasteiger partial charge is 0.227 e. The second-order valence-corrected chi connectivity index (χ2v) is 7.18. The fourth-order valence-corrected chi connectivity index (χ4v) is 3.58. The van der Waals surface area contributed by atoms with Crippen molar-refractivity contribution >= 4 is 34.8 Å². The summed E-state index contributed by atoms with van der Waals surface area (Å²) in [5, 5.41) is 3.40. The third-order valence-corrected chi connectivity index (χ3v) is 4.74. The minimum atomic E-state index is -0.204. The third kappa shape index (κ3) is 4.75. The van der Waals surface area contributed by atoms with Gasteiger partial charge in [0.15, 0.2) is 5.13 Å². The van der Waals surface area contributed by atoms with E-state index in [0.29, 0.717) is 23.0 Å². The Morgan fingerprint density at radius 1 is 1.46 bits per heavy atom. The maximum atomic E-state index is 13.9. The molecule has 0 saturated heterocycles. The summed E-state index contributed by atoms with van der Waals surface area (Å²) in [6.07, 6.45) is 3.00. The van der Waals surface area contributed by atoms with Gasteiger partial charge >= 0.3 is 0 Å². The minimum absolute atomic E-state index is 0. The molecular weight excluding hydrogens is 349 g/mol. The molecular formula is C17H21ClFN3OS. The number of amides is 1. The van der Waals surface area contributed by atoms with Crippen LogP contribution >= 0.6 is 23.7 Å². The van der Waals surface area contributed by atoms with Gasteiger partial charge in [-0.3, -0.25) is 4.79 Å². The molecule has 1 atom stereocenters. The van der Waals surface area contributed by atoms with Crippen LogP contribution in [0.3, 0.4) is 0 Å². The number of anilines is 1. The molecule has 0 aliphatic heterocycles. The van der Waals surface area contributed by atoms with Gasteiger partial charge in [-0.15, -0.1) is 23.7 Å². The Hall–Kier alpha value is -1.50. The molecule has 3 rings (SSSR count). The molecule has 1 aliphatic carbocycles. The van der Waals surface area contributed by atoms with Crippen LogP contribution in [0.25, 0.3) is 0 Å². The maximum absolute atomic E-state index is 13.9. The number of nitrogens with two attached hydrogens (primary N) is 1. The second kappa shape index (κ2) is 8.05. The first-order valence-electron chi connectivity index (χ1n) is 7.81. The number of thiazole rings is 1. The average molecular weight is 370 g/mol. The summed E-state index contributed by atoms with van der Waals surface area (Å²) in [4.78, 5) is 17.5. The van der Waals surface area contributed by atoms with E-state index in [1.54, 1.807) is 19.1 Å². The number of hydrogen-bond donors (Lipinski definition) is 2. The van der Waals surface area contributed by atoms with E-state index in [0.717, 1.165) is 23.4 Å². The van der Waals surface area contributed by atoms with Crippen molar-refractivity contribution < 1.29 is 9.18 Å². The van der Waals surface area contributed by atoms with Crippen molar-refractivity contribution in [3.63, 3.8) is 0 Å². The van der Waals surface area contributed by atoms with E-state index in [2.05, 4.69) is 10.3 Å². The van der Waals surface area contributed by atoms with Crippen molar-refractivity contribution in [1.29, 1.82) is 0 Å². The van der Waals surface area contributed by atoms with Gasteiger partial charge in [0.05, 0.1) is 5.69 Å². The fraction of sp³-hybridized carbons (Fsp3) is 0.412. The van der Waals surface area contributed by atoms with Crippen LogP contribution in [0.1, 0.15) is 48.2 Å². The quantitative estimate of drug-likeness (QED) is 0.812. The van der Waals surface area contributed by atoms with Crippen molar-refractivity contribution in [2.75, 3.05) is 5.32 Å². The van der Waals surface area contributed by atoms with E-state index >= 15 is 0 Å². The van der Waals surface area contributed by atoms with Gasteiger partial charge in [0.2, 0.25) is 5.91 Å². The van der Waals surface area contributed by atoms with Crippen molar-refractivity contribution in [2.45, 2.75) is 44.6 Å². The normalized spacial score (nSPS) is 14.8. The summed E-state index contributed by atoms with van der Waals surface area (Å²) in [5.41, 5.74) is 7.31. The lowest BCUT2D eigenvalue weighted by Crippen LogP contribution is -2.23. The average Bonchev–Trinajstić information content (AvgIpc) is 3.24. The highest BCUT2D eigenvalue weighted by atomic mass is 35.5. The number of benzene rings is 1. The molecule has 1 saturated carbocycles. The van der Waals surface area contributed by atoms with Gasteiger partial charge in [-0.2, -0.15) is 0 Å². The predicted octanol–water partition coefficient (Wildman–Crippen LogP) is 3.85. The number of aromatic nitrogens is 1. The third-order valence-electron chi connectivity index (χ3n) is 3.75. The van der Waals surface area contributed by atoms with Gasteiger partial charge in [-0.05, 0) is 31.4 Å². The Balaban J connectivity index is 0.00000208. The second-order valence-electron chi connectivity index (χ2n) is 6.10. The highest BCUT2D eigenvalue weighted by Gasteiger charge is 2.30. The molecule has 1 unspecified atom stereocenters. The molecule has 1 amide bonds. The molecule has 1 aromatic carbocycles. The van der Waals surface area contributed by atoms with Gasteiger partial charge in [0, 0.05) is 29.7 Å². The van der Waals surface area contributed by atoms with Crippen LogP contribution in [0.15, 0.2) is 24.3 Å². The van der Waals surface area contributed by atoms with Crippen molar-refractivity contribution in [3.8, 4) is 0 Å². The zero-order valence-corrected chi connectivity index (χ0v) is 15.1. The lowest BCUT2D eigenvalue weighted by Gasteiger charge is -2.03. The summed E-state index contributed by atoms with van der Waals surface area (Å²) >= 11 is 1.44. The number of nitrogens with zero attached hydrogens (tertiary/aromatic N) is 1. The standard InChI is InChI=1S/C17H20FN3OS.ClH/c1-10(19)8-15(22)20-17-21-16(11-6-7-11)14(23-17)9-12-4-2-3-5-13(12)18;/h2-5,10-11H,6-9,19H2,1H3,(H,20,21,22);1H. The SMILES string of the molecule is CC(N)CC(=O)Nc1nc(C2CC2)c(Cc2ccccc2F)s1.Cl. The summed E-state index contributed by atoms with van der Waals surface area (Å²) in [5.74, 6) is 0.117. The summed E-state index contributed by atoms with van der Waals surface area (Å²) in [7, 11) is 0. The number of hydrogen-bond acceptors (Lipinski definition) is 4. The van der Waals surface area contributed by atoms with Gasteiger partial charge in [0.1, 0.15) is 5.82 Å². The Kier molecular flexibility index (Phi) is 6.32. The largest absolute Gasteiger partial charge is 0.327 e. The molecule has 4 nitrogen and oxygen atoms in total. The molecule has 0 radical (unpaired) electrons. The molecule has 1 heterocycles. The van der Waals surface area contributed by atoms with Gasteiger partial charge in [-0.25, -0.2) is 9.37 Å². The van der Waals surface area contributed by atoms with Crippen LogP contribution in [0.4, 0.5) is 9.52 Å². The van der Waals surface area contributed by atoms with E-state index in [-0.39, 0.29) is 36.6 Å². The lowest BCUT2D eigenvalue weighted by atomic mass is 10.1. The van der Waals surface area contributed by atoms with Crippen LogP contribution in [0.2, 0.25) is 0 Å². The highest BCUT2D eigenvalue weighted by Crippen LogP contribution is 2.44. The van der Waals surface area contributed by atoms with Gasteiger partial charge in [0.25, 0.3) is 0 Å². The zero-order valence-electron chi connectivity index (χ0n) is 13.4. The molecule has 7 heteroatoms.